The predicted octanol–water partition coefficient (Wildman–Crippen LogP) is 3.14. The Morgan fingerprint density at radius 1 is 1.08 bits per heavy atom. The second-order valence-corrected chi connectivity index (χ2v) is 9.05. The fourth-order valence-electron chi connectivity index (χ4n) is 4.49. The van der Waals surface area contributed by atoms with Crippen LogP contribution in [0.15, 0.2) is 56.6 Å². The van der Waals surface area contributed by atoms with Crippen LogP contribution in [0.4, 0.5) is 5.69 Å². The van der Waals surface area contributed by atoms with Gasteiger partial charge in [0, 0.05) is 18.0 Å². The molecule has 0 unspecified atom stereocenters. The van der Waals surface area contributed by atoms with Gasteiger partial charge in [-0.15, -0.1) is 0 Å². The largest absolute Gasteiger partial charge is 0.417 e. The number of sulfonamides is 1. The summed E-state index contributed by atoms with van der Waals surface area (Å²) < 4.78 is 33.3. The van der Waals surface area contributed by atoms with Gasteiger partial charge < -0.3 is 4.42 Å². The molecule has 2 heterocycles. The van der Waals surface area contributed by atoms with Crippen molar-refractivity contribution in [1.82, 2.24) is 4.98 Å². The van der Waals surface area contributed by atoms with Crippen molar-refractivity contribution in [3.63, 3.8) is 0 Å². The van der Waals surface area contributed by atoms with Gasteiger partial charge in [0.25, 0.3) is 10.0 Å². The van der Waals surface area contributed by atoms with Crippen molar-refractivity contribution >= 4 is 26.8 Å². The highest BCUT2D eigenvalue weighted by atomic mass is 32.2. The normalized spacial score (nSPS) is 18.7. The summed E-state index contributed by atoms with van der Waals surface area (Å²) in [6.45, 7) is 0.476. The van der Waals surface area contributed by atoms with E-state index in [2.05, 4.69) is 11.1 Å². The van der Waals surface area contributed by atoms with Gasteiger partial charge in [-0.1, -0.05) is 31.0 Å². The predicted molar refractivity (Wildman–Crippen MR) is 98.0 cm³/mol. The maximum atomic E-state index is 13.4. The molecule has 0 saturated heterocycles. The number of benzene rings is 2. The van der Waals surface area contributed by atoms with Crippen molar-refractivity contribution in [2.45, 2.75) is 36.0 Å². The quantitative estimate of drug-likeness (QED) is 0.751. The first-order valence-electron chi connectivity index (χ1n) is 8.75. The lowest BCUT2D eigenvalue weighted by Crippen LogP contribution is -2.35. The molecule has 1 aromatic heterocycles. The second-order valence-electron chi connectivity index (χ2n) is 7.19. The molecule has 5 rings (SSSR count). The van der Waals surface area contributed by atoms with E-state index in [-0.39, 0.29) is 15.9 Å². The number of para-hydroxylation sites is 1. The molecule has 134 valence electrons. The van der Waals surface area contributed by atoms with Crippen LogP contribution in [-0.4, -0.2) is 19.9 Å². The molecule has 2 aromatic carbocycles. The number of oxazole rings is 1. The maximum absolute atomic E-state index is 13.4. The van der Waals surface area contributed by atoms with Crippen molar-refractivity contribution in [3.8, 4) is 0 Å². The number of hydrogen-bond acceptors (Lipinski definition) is 4. The molecule has 1 spiro atoms. The Labute approximate surface area is 150 Å². The van der Waals surface area contributed by atoms with Crippen LogP contribution < -0.4 is 10.1 Å². The molecule has 1 aliphatic heterocycles. The highest BCUT2D eigenvalue weighted by Crippen LogP contribution is 2.51. The van der Waals surface area contributed by atoms with E-state index >= 15 is 0 Å². The average Bonchev–Trinajstić information content (AvgIpc) is 3.33. The van der Waals surface area contributed by atoms with Gasteiger partial charge >= 0.3 is 5.76 Å². The molecule has 0 amide bonds. The number of hydrogen-bond donors (Lipinski definition) is 1. The van der Waals surface area contributed by atoms with E-state index in [0.717, 1.165) is 36.9 Å². The molecular formula is C19H18N2O4S. The lowest BCUT2D eigenvalue weighted by molar-refractivity contribution is 0.477. The lowest BCUT2D eigenvalue weighted by atomic mass is 9.81. The molecule has 2 aliphatic rings. The van der Waals surface area contributed by atoms with Gasteiger partial charge in [0.2, 0.25) is 0 Å². The first-order chi connectivity index (χ1) is 12.5. The van der Waals surface area contributed by atoms with Gasteiger partial charge in [0.1, 0.15) is 0 Å². The van der Waals surface area contributed by atoms with Crippen molar-refractivity contribution in [2.24, 2.45) is 0 Å². The van der Waals surface area contributed by atoms with Crippen LogP contribution >= 0.6 is 0 Å². The Morgan fingerprint density at radius 3 is 2.65 bits per heavy atom. The van der Waals surface area contributed by atoms with E-state index in [9.17, 15) is 13.2 Å². The van der Waals surface area contributed by atoms with Gasteiger partial charge in [-0.25, -0.2) is 13.2 Å². The van der Waals surface area contributed by atoms with Crippen LogP contribution in [0.1, 0.15) is 31.2 Å². The Morgan fingerprint density at radius 2 is 1.85 bits per heavy atom. The fourth-order valence-corrected chi connectivity index (χ4v) is 6.08. The first kappa shape index (κ1) is 15.7. The number of H-pyrrole nitrogens is 1. The van der Waals surface area contributed by atoms with Crippen molar-refractivity contribution in [2.75, 3.05) is 10.8 Å². The number of rotatable bonds is 2. The zero-order valence-corrected chi connectivity index (χ0v) is 14.9. The smallest absolute Gasteiger partial charge is 0.408 e. The molecular weight excluding hydrogens is 352 g/mol. The third kappa shape index (κ3) is 2.10. The minimum atomic E-state index is -3.74. The van der Waals surface area contributed by atoms with Gasteiger partial charge in [-0.2, -0.15) is 0 Å². The average molecular weight is 370 g/mol. The maximum Gasteiger partial charge on any atom is 0.417 e. The molecule has 26 heavy (non-hydrogen) atoms. The van der Waals surface area contributed by atoms with Crippen LogP contribution in [0.2, 0.25) is 0 Å². The number of aromatic nitrogens is 1. The van der Waals surface area contributed by atoms with Crippen LogP contribution in [0.25, 0.3) is 11.1 Å². The highest BCUT2D eigenvalue weighted by molar-refractivity contribution is 7.92. The topological polar surface area (TPSA) is 83.4 Å². The standard InChI is InChI=1S/C19H18N2O4S/c22-18-20-15-8-7-13(11-17(15)25-18)26(23,24)21-12-19(9-3-4-10-19)14-5-1-2-6-16(14)21/h1-2,5-8,11H,3-4,9-10,12H2,(H,20,22). The van der Waals surface area contributed by atoms with Crippen LogP contribution in [0, 0.1) is 0 Å². The molecule has 1 aliphatic carbocycles. The third-order valence-corrected chi connectivity index (χ3v) is 7.49. The number of anilines is 1. The van der Waals surface area contributed by atoms with Crippen LogP contribution in [-0.2, 0) is 15.4 Å². The minimum absolute atomic E-state index is 0.0750. The molecule has 1 N–H and O–H groups in total. The van der Waals surface area contributed by atoms with E-state index in [4.69, 9.17) is 4.42 Å². The molecule has 7 heteroatoms. The van der Waals surface area contributed by atoms with Gasteiger partial charge in [-0.05, 0) is 36.6 Å². The minimum Gasteiger partial charge on any atom is -0.408 e. The van der Waals surface area contributed by atoms with Gasteiger partial charge in [-0.3, -0.25) is 9.29 Å². The summed E-state index contributed by atoms with van der Waals surface area (Å²) in [7, 11) is -3.74. The van der Waals surface area contributed by atoms with Crippen LogP contribution in [0.3, 0.4) is 0 Å². The summed E-state index contributed by atoms with van der Waals surface area (Å²) in [4.78, 5) is 14.0. The summed E-state index contributed by atoms with van der Waals surface area (Å²) in [5.74, 6) is -0.592. The summed E-state index contributed by atoms with van der Waals surface area (Å²) in [6, 6.07) is 12.3. The van der Waals surface area contributed by atoms with Gasteiger partial charge in [0.15, 0.2) is 5.58 Å². The number of nitrogens with zero attached hydrogens (tertiary/aromatic N) is 1. The summed E-state index contributed by atoms with van der Waals surface area (Å²) in [6.07, 6.45) is 4.29. The zero-order valence-electron chi connectivity index (χ0n) is 14.1. The Kier molecular flexibility index (Phi) is 3.16. The molecule has 1 fully saturated rings. The van der Waals surface area contributed by atoms with Gasteiger partial charge in [0.05, 0.1) is 16.1 Å². The zero-order chi connectivity index (χ0) is 17.9. The highest BCUT2D eigenvalue weighted by Gasteiger charge is 2.47. The number of nitrogens with one attached hydrogen (secondary N) is 1. The molecule has 0 atom stereocenters. The second kappa shape index (κ2) is 5.23. The Balaban J connectivity index is 1.65. The fraction of sp³-hybridized carbons (Fsp3) is 0.316. The number of aromatic amines is 1. The molecule has 3 aromatic rings. The molecule has 0 bridgehead atoms. The van der Waals surface area contributed by atoms with E-state index in [1.165, 1.54) is 16.4 Å². The third-order valence-electron chi connectivity index (χ3n) is 5.73. The summed E-state index contributed by atoms with van der Waals surface area (Å²) in [5, 5.41) is 0. The monoisotopic (exact) mass is 370 g/mol. The summed E-state index contributed by atoms with van der Waals surface area (Å²) >= 11 is 0. The van der Waals surface area contributed by atoms with Crippen molar-refractivity contribution < 1.29 is 12.8 Å². The Bertz CT molecular complexity index is 1170. The van der Waals surface area contributed by atoms with E-state index in [1.54, 1.807) is 6.07 Å². The van der Waals surface area contributed by atoms with Crippen LogP contribution in [0.5, 0.6) is 0 Å². The summed E-state index contributed by atoms with van der Waals surface area (Å²) in [5.41, 5.74) is 2.57. The first-order valence-corrected chi connectivity index (χ1v) is 10.2. The molecule has 6 nitrogen and oxygen atoms in total. The number of fused-ring (bicyclic) bond motifs is 3. The van der Waals surface area contributed by atoms with Crippen molar-refractivity contribution in [1.29, 1.82) is 0 Å². The van der Waals surface area contributed by atoms with Crippen molar-refractivity contribution in [3.05, 3.63) is 58.6 Å². The van der Waals surface area contributed by atoms with E-state index in [0.29, 0.717) is 12.1 Å². The lowest BCUT2D eigenvalue weighted by Gasteiger charge is -2.25. The molecule has 0 radical (unpaired) electrons. The molecule has 1 saturated carbocycles. The van der Waals surface area contributed by atoms with E-state index < -0.39 is 15.8 Å². The van der Waals surface area contributed by atoms with E-state index in [1.807, 2.05) is 18.2 Å². The Hall–Kier alpha value is -2.54. The SMILES string of the molecule is O=c1[nH]c2ccc(S(=O)(=O)N3CC4(CCCC4)c4ccccc43)cc2o1.